The van der Waals surface area contributed by atoms with Crippen molar-refractivity contribution in [2.24, 2.45) is 0 Å². The maximum atomic E-state index is 12.7. The van der Waals surface area contributed by atoms with Gasteiger partial charge in [0.25, 0.3) is 0 Å². The minimum absolute atomic E-state index is 0.330. The summed E-state index contributed by atoms with van der Waals surface area (Å²) in [4.78, 5) is 24.3. The van der Waals surface area contributed by atoms with Gasteiger partial charge < -0.3 is 14.2 Å². The van der Waals surface area contributed by atoms with Crippen LogP contribution in [0.2, 0.25) is 0 Å². The number of rotatable bonds is 1. The summed E-state index contributed by atoms with van der Waals surface area (Å²) in [7, 11) is 0. The molecule has 2 aromatic rings. The van der Waals surface area contributed by atoms with Crippen molar-refractivity contribution in [2.45, 2.75) is 37.6 Å². The fraction of sp³-hybridized carbons (Fsp3) is 0.300. The molecule has 0 unspecified atom stereocenters. The molecule has 3 atom stereocenters. The van der Waals surface area contributed by atoms with Crippen molar-refractivity contribution in [3.8, 4) is 0 Å². The second kappa shape index (κ2) is 6.59. The molecule has 0 bridgehead atoms. The molecule has 0 spiro atoms. The lowest BCUT2D eigenvalue weighted by Gasteiger charge is -2.25. The quantitative estimate of drug-likeness (QED) is 0.740. The van der Waals surface area contributed by atoms with Crippen molar-refractivity contribution >= 4 is 12.1 Å². The van der Waals surface area contributed by atoms with Gasteiger partial charge >= 0.3 is 12.1 Å². The molecule has 1 saturated heterocycles. The molecule has 0 N–H and O–H groups in total. The standard InChI is InChI=1S/C20H18O5/c21-19-15-9-5-4-6-13(15)10-11-16-18(25-20(22)24-16)12-17(23-19)14-7-2-1-3-8-14/h1-9,16-18H,10-12H2/t16-,17-,18-/m1/s1. The Bertz CT molecular complexity index is 786. The smallest absolute Gasteiger partial charge is 0.454 e. The summed E-state index contributed by atoms with van der Waals surface area (Å²) < 4.78 is 16.4. The van der Waals surface area contributed by atoms with Crippen LogP contribution >= 0.6 is 0 Å². The second-order valence-corrected chi connectivity index (χ2v) is 6.30. The van der Waals surface area contributed by atoms with Gasteiger partial charge in [-0.1, -0.05) is 48.5 Å². The van der Waals surface area contributed by atoms with Crippen LogP contribution in [-0.4, -0.2) is 24.3 Å². The maximum absolute atomic E-state index is 12.7. The summed E-state index contributed by atoms with van der Waals surface area (Å²) in [5.41, 5.74) is 2.32. The number of aryl methyl sites for hydroxylation is 1. The van der Waals surface area contributed by atoms with Crippen molar-refractivity contribution < 1.29 is 23.8 Å². The number of benzene rings is 2. The largest absolute Gasteiger partial charge is 0.509 e. The van der Waals surface area contributed by atoms with Crippen molar-refractivity contribution in [2.75, 3.05) is 0 Å². The second-order valence-electron chi connectivity index (χ2n) is 6.30. The molecule has 4 rings (SSSR count). The minimum Gasteiger partial charge on any atom is -0.454 e. The lowest BCUT2D eigenvalue weighted by atomic mass is 9.94. The van der Waals surface area contributed by atoms with Gasteiger partial charge in [-0.3, -0.25) is 0 Å². The number of carbonyl (C=O) groups excluding carboxylic acids is 2. The fourth-order valence-electron chi connectivity index (χ4n) is 3.43. The van der Waals surface area contributed by atoms with Crippen LogP contribution in [0, 0.1) is 0 Å². The first kappa shape index (κ1) is 15.7. The lowest BCUT2D eigenvalue weighted by molar-refractivity contribution is 0.0109. The van der Waals surface area contributed by atoms with Crippen LogP contribution in [0.4, 0.5) is 4.79 Å². The Kier molecular flexibility index (Phi) is 4.14. The van der Waals surface area contributed by atoms with Crippen LogP contribution in [-0.2, 0) is 20.6 Å². The molecular weight excluding hydrogens is 320 g/mol. The summed E-state index contributed by atoms with van der Waals surface area (Å²) in [6.07, 6.45) is -0.280. The van der Waals surface area contributed by atoms with E-state index in [-0.39, 0.29) is 12.1 Å². The molecule has 2 aliphatic heterocycles. The Hall–Kier alpha value is -2.82. The van der Waals surface area contributed by atoms with Crippen molar-refractivity contribution in [3.63, 3.8) is 0 Å². The normalized spacial score (nSPS) is 25.8. The SMILES string of the molecule is O=C1O[C@@H]2CCc3ccccc3C(=O)O[C@@H](c3ccccc3)C[C@H]2O1. The fourth-order valence-corrected chi connectivity index (χ4v) is 3.43. The summed E-state index contributed by atoms with van der Waals surface area (Å²) in [5, 5.41) is 0. The third-order valence-corrected chi connectivity index (χ3v) is 4.71. The van der Waals surface area contributed by atoms with E-state index in [4.69, 9.17) is 14.2 Å². The molecule has 2 heterocycles. The lowest BCUT2D eigenvalue weighted by Crippen LogP contribution is -2.28. The van der Waals surface area contributed by atoms with Gasteiger partial charge in [0.15, 0.2) is 0 Å². The van der Waals surface area contributed by atoms with E-state index in [1.807, 2.05) is 48.5 Å². The first-order valence-corrected chi connectivity index (χ1v) is 8.42. The molecule has 5 heteroatoms. The molecule has 0 aromatic heterocycles. The third-order valence-electron chi connectivity index (χ3n) is 4.71. The van der Waals surface area contributed by atoms with Crippen LogP contribution in [0.15, 0.2) is 54.6 Å². The average molecular weight is 338 g/mol. The van der Waals surface area contributed by atoms with Gasteiger partial charge in [-0.15, -0.1) is 0 Å². The number of esters is 1. The van der Waals surface area contributed by atoms with Gasteiger partial charge in [-0.05, 0) is 30.0 Å². The number of carbonyl (C=O) groups is 2. The molecule has 0 radical (unpaired) electrons. The van der Waals surface area contributed by atoms with E-state index in [1.54, 1.807) is 6.07 Å². The molecule has 0 amide bonds. The number of cyclic esters (lactones) is 1. The molecule has 0 saturated carbocycles. The first-order valence-electron chi connectivity index (χ1n) is 8.42. The van der Waals surface area contributed by atoms with E-state index in [2.05, 4.69) is 0 Å². The average Bonchev–Trinajstić information content (AvgIpc) is 2.99. The Labute approximate surface area is 145 Å². The highest BCUT2D eigenvalue weighted by atomic mass is 16.8. The zero-order chi connectivity index (χ0) is 17.2. The van der Waals surface area contributed by atoms with Crippen LogP contribution in [0.1, 0.15) is 40.4 Å². The van der Waals surface area contributed by atoms with E-state index in [1.165, 1.54) is 0 Å². The monoisotopic (exact) mass is 338 g/mol. The number of ether oxygens (including phenoxy) is 3. The Morgan fingerprint density at radius 2 is 1.52 bits per heavy atom. The zero-order valence-electron chi connectivity index (χ0n) is 13.6. The summed E-state index contributed by atoms with van der Waals surface area (Å²) in [6.45, 7) is 0. The van der Waals surface area contributed by atoms with Crippen molar-refractivity contribution in [1.82, 2.24) is 0 Å². The summed E-state index contributed by atoms with van der Waals surface area (Å²) >= 11 is 0. The van der Waals surface area contributed by atoms with Crippen LogP contribution < -0.4 is 0 Å². The van der Waals surface area contributed by atoms with Gasteiger partial charge in [0.1, 0.15) is 18.3 Å². The highest BCUT2D eigenvalue weighted by Gasteiger charge is 2.40. The molecule has 1 fully saturated rings. The minimum atomic E-state index is -0.652. The van der Waals surface area contributed by atoms with Crippen LogP contribution in [0.3, 0.4) is 0 Å². The molecule has 0 aliphatic carbocycles. The van der Waals surface area contributed by atoms with E-state index in [0.29, 0.717) is 24.8 Å². The molecule has 128 valence electrons. The van der Waals surface area contributed by atoms with Crippen LogP contribution in [0.5, 0.6) is 0 Å². The summed E-state index contributed by atoms with van der Waals surface area (Å²) in [6, 6.07) is 16.9. The zero-order valence-corrected chi connectivity index (χ0v) is 13.6. The Balaban J connectivity index is 1.71. The predicted octanol–water partition coefficient (Wildman–Crippen LogP) is 3.83. The van der Waals surface area contributed by atoms with Gasteiger partial charge in [0, 0.05) is 6.42 Å². The Morgan fingerprint density at radius 3 is 2.36 bits per heavy atom. The number of hydrogen-bond donors (Lipinski definition) is 0. The highest BCUT2D eigenvalue weighted by molar-refractivity contribution is 5.91. The third kappa shape index (κ3) is 3.22. The number of fused-ring (bicyclic) bond motifs is 2. The first-order chi connectivity index (χ1) is 12.2. The van der Waals surface area contributed by atoms with E-state index in [9.17, 15) is 9.59 Å². The maximum Gasteiger partial charge on any atom is 0.509 e. The van der Waals surface area contributed by atoms with Gasteiger partial charge in [-0.25, -0.2) is 9.59 Å². The van der Waals surface area contributed by atoms with Gasteiger partial charge in [0.2, 0.25) is 0 Å². The molecule has 2 aromatic carbocycles. The van der Waals surface area contributed by atoms with Crippen molar-refractivity contribution in [1.29, 1.82) is 0 Å². The molecule has 25 heavy (non-hydrogen) atoms. The van der Waals surface area contributed by atoms with E-state index in [0.717, 1.165) is 11.1 Å². The summed E-state index contributed by atoms with van der Waals surface area (Å²) in [5.74, 6) is -0.354. The highest BCUT2D eigenvalue weighted by Crippen LogP contribution is 2.33. The topological polar surface area (TPSA) is 61.8 Å². The predicted molar refractivity (Wildman–Crippen MR) is 89.1 cm³/mol. The van der Waals surface area contributed by atoms with E-state index >= 15 is 0 Å². The van der Waals surface area contributed by atoms with Gasteiger partial charge in [-0.2, -0.15) is 0 Å². The van der Waals surface area contributed by atoms with Crippen molar-refractivity contribution in [3.05, 3.63) is 71.3 Å². The molecular formula is C20H18O5. The van der Waals surface area contributed by atoms with Gasteiger partial charge in [0.05, 0.1) is 5.56 Å². The van der Waals surface area contributed by atoms with E-state index < -0.39 is 18.4 Å². The molecule has 2 aliphatic rings. The number of hydrogen-bond acceptors (Lipinski definition) is 5. The van der Waals surface area contributed by atoms with Crippen LogP contribution in [0.25, 0.3) is 0 Å². The Morgan fingerprint density at radius 1 is 0.800 bits per heavy atom. The molecule has 5 nitrogen and oxygen atoms in total.